The summed E-state index contributed by atoms with van der Waals surface area (Å²) in [5.74, 6) is 0.724. The molecule has 2 unspecified atom stereocenters. The molecule has 1 aliphatic rings. The van der Waals surface area contributed by atoms with Gasteiger partial charge in [0.2, 0.25) is 5.91 Å². The van der Waals surface area contributed by atoms with Crippen LogP contribution in [0.15, 0.2) is 42.5 Å². The van der Waals surface area contributed by atoms with Crippen molar-refractivity contribution in [1.82, 2.24) is 9.88 Å². The average molecular weight is 384 g/mol. The molecular formula is C21H22ClN3O2. The van der Waals surface area contributed by atoms with Crippen molar-refractivity contribution in [2.45, 2.75) is 25.4 Å². The number of rotatable bonds is 3. The van der Waals surface area contributed by atoms with Crippen molar-refractivity contribution in [1.29, 1.82) is 0 Å². The van der Waals surface area contributed by atoms with Gasteiger partial charge in [0.1, 0.15) is 5.75 Å². The first-order valence-electron chi connectivity index (χ1n) is 8.99. The Hall–Kier alpha value is -2.50. The number of hydrogen-bond acceptors (Lipinski definition) is 3. The molecule has 3 N–H and O–H groups in total. The highest BCUT2D eigenvalue weighted by Crippen LogP contribution is 2.39. The zero-order chi connectivity index (χ0) is 19.1. The van der Waals surface area contributed by atoms with Crippen molar-refractivity contribution >= 4 is 28.4 Å². The minimum atomic E-state index is -0.550. The first-order valence-corrected chi connectivity index (χ1v) is 9.37. The summed E-state index contributed by atoms with van der Waals surface area (Å²) in [5.41, 5.74) is 10.2. The standard InChI is InChI=1S/C21H22ClN3O2/c1-12(23)21(26)25-10-9-16-17-11-14(22)5-8-18(17)24-19(16)20(25)13-3-6-15(27-2)7-4-13/h3-8,11-12,20,24H,9-10,23H2,1-2H3. The van der Waals surface area contributed by atoms with Crippen LogP contribution in [0.4, 0.5) is 0 Å². The lowest BCUT2D eigenvalue weighted by Gasteiger charge is -2.37. The van der Waals surface area contributed by atoms with E-state index in [1.54, 1.807) is 14.0 Å². The maximum absolute atomic E-state index is 12.8. The second-order valence-electron chi connectivity index (χ2n) is 6.95. The third kappa shape index (κ3) is 3.07. The predicted octanol–water partition coefficient (Wildman–Crippen LogP) is 3.65. The summed E-state index contributed by atoms with van der Waals surface area (Å²) in [6, 6.07) is 12.9. The second-order valence-corrected chi connectivity index (χ2v) is 7.39. The van der Waals surface area contributed by atoms with Crippen LogP contribution < -0.4 is 10.5 Å². The predicted molar refractivity (Wildman–Crippen MR) is 107 cm³/mol. The van der Waals surface area contributed by atoms with Crippen LogP contribution in [-0.2, 0) is 11.2 Å². The van der Waals surface area contributed by atoms with E-state index >= 15 is 0 Å². The topological polar surface area (TPSA) is 71.3 Å². The van der Waals surface area contributed by atoms with Gasteiger partial charge in [-0.2, -0.15) is 0 Å². The molecule has 4 rings (SSSR count). The summed E-state index contributed by atoms with van der Waals surface area (Å²) < 4.78 is 5.28. The Labute approximate surface area is 163 Å². The largest absolute Gasteiger partial charge is 0.497 e. The third-order valence-electron chi connectivity index (χ3n) is 5.19. The number of carbonyl (C=O) groups is 1. The maximum Gasteiger partial charge on any atom is 0.240 e. The van der Waals surface area contributed by atoms with E-state index in [-0.39, 0.29) is 11.9 Å². The number of nitrogens with zero attached hydrogens (tertiary/aromatic N) is 1. The fourth-order valence-electron chi connectivity index (χ4n) is 3.89. The number of nitrogens with one attached hydrogen (secondary N) is 1. The van der Waals surface area contributed by atoms with Crippen LogP contribution in [0.1, 0.15) is 29.8 Å². The van der Waals surface area contributed by atoms with Gasteiger partial charge in [-0.05, 0) is 54.8 Å². The third-order valence-corrected chi connectivity index (χ3v) is 5.43. The Morgan fingerprint density at radius 3 is 2.70 bits per heavy atom. The molecule has 0 radical (unpaired) electrons. The number of ether oxygens (including phenoxy) is 1. The number of amides is 1. The van der Waals surface area contributed by atoms with Crippen LogP contribution in [0.25, 0.3) is 10.9 Å². The van der Waals surface area contributed by atoms with E-state index in [1.807, 2.05) is 47.4 Å². The van der Waals surface area contributed by atoms with Gasteiger partial charge in [-0.15, -0.1) is 0 Å². The summed E-state index contributed by atoms with van der Waals surface area (Å²) in [5, 5.41) is 1.82. The fourth-order valence-corrected chi connectivity index (χ4v) is 4.06. The Balaban J connectivity index is 1.88. The molecule has 1 amide bonds. The van der Waals surface area contributed by atoms with Gasteiger partial charge in [0.25, 0.3) is 0 Å². The minimum Gasteiger partial charge on any atom is -0.497 e. The SMILES string of the molecule is COc1ccc(C2c3[nH]c4ccc(Cl)cc4c3CCN2C(=O)C(C)N)cc1. The Morgan fingerprint density at radius 2 is 2.04 bits per heavy atom. The second kappa shape index (κ2) is 6.91. The number of hydrogen-bond donors (Lipinski definition) is 2. The molecule has 3 aromatic rings. The zero-order valence-electron chi connectivity index (χ0n) is 15.3. The number of carbonyl (C=O) groups excluding carboxylic acids is 1. The summed E-state index contributed by atoms with van der Waals surface area (Å²) in [6.07, 6.45) is 0.765. The highest BCUT2D eigenvalue weighted by molar-refractivity contribution is 6.31. The normalized spacial score (nSPS) is 17.6. The minimum absolute atomic E-state index is 0.0573. The Morgan fingerprint density at radius 1 is 1.30 bits per heavy atom. The number of aromatic nitrogens is 1. The number of aromatic amines is 1. The van der Waals surface area contributed by atoms with Gasteiger partial charge in [0.15, 0.2) is 0 Å². The first-order chi connectivity index (χ1) is 13.0. The van der Waals surface area contributed by atoms with E-state index in [9.17, 15) is 4.79 Å². The van der Waals surface area contributed by atoms with E-state index in [0.29, 0.717) is 11.6 Å². The number of methoxy groups -OCH3 is 1. The van der Waals surface area contributed by atoms with Gasteiger partial charge in [0, 0.05) is 28.2 Å². The van der Waals surface area contributed by atoms with Gasteiger partial charge in [0.05, 0.1) is 19.2 Å². The molecule has 5 nitrogen and oxygen atoms in total. The molecule has 140 valence electrons. The van der Waals surface area contributed by atoms with E-state index < -0.39 is 6.04 Å². The fraction of sp³-hybridized carbons (Fsp3) is 0.286. The molecule has 0 fully saturated rings. The van der Waals surface area contributed by atoms with Crippen molar-refractivity contribution in [3.05, 3.63) is 64.3 Å². The van der Waals surface area contributed by atoms with Crippen LogP contribution in [0.2, 0.25) is 5.02 Å². The van der Waals surface area contributed by atoms with Gasteiger partial charge in [-0.3, -0.25) is 4.79 Å². The van der Waals surface area contributed by atoms with Crippen molar-refractivity contribution < 1.29 is 9.53 Å². The van der Waals surface area contributed by atoms with Gasteiger partial charge in [-0.25, -0.2) is 0 Å². The number of nitrogens with two attached hydrogens (primary N) is 1. The highest BCUT2D eigenvalue weighted by Gasteiger charge is 2.35. The number of benzene rings is 2. The Bertz CT molecular complexity index is 995. The van der Waals surface area contributed by atoms with E-state index in [1.165, 1.54) is 5.56 Å². The quantitative estimate of drug-likeness (QED) is 0.725. The molecule has 1 aromatic heterocycles. The van der Waals surface area contributed by atoms with Gasteiger partial charge < -0.3 is 20.4 Å². The average Bonchev–Trinajstić information content (AvgIpc) is 3.04. The number of fused-ring (bicyclic) bond motifs is 3. The zero-order valence-corrected chi connectivity index (χ0v) is 16.1. The molecule has 0 spiro atoms. The van der Waals surface area contributed by atoms with Crippen molar-refractivity contribution in [2.24, 2.45) is 5.73 Å². The molecule has 27 heavy (non-hydrogen) atoms. The molecular weight excluding hydrogens is 362 g/mol. The molecule has 1 aliphatic heterocycles. The molecule has 0 saturated carbocycles. The van der Waals surface area contributed by atoms with Crippen molar-refractivity contribution in [2.75, 3.05) is 13.7 Å². The van der Waals surface area contributed by atoms with Crippen LogP contribution in [-0.4, -0.2) is 35.5 Å². The molecule has 2 atom stereocenters. The first kappa shape index (κ1) is 17.9. The van der Waals surface area contributed by atoms with E-state index in [2.05, 4.69) is 4.98 Å². The molecule has 2 heterocycles. The maximum atomic E-state index is 12.8. The summed E-state index contributed by atoms with van der Waals surface area (Å²) >= 11 is 6.22. The number of H-pyrrole nitrogens is 1. The smallest absolute Gasteiger partial charge is 0.240 e. The van der Waals surface area contributed by atoms with Crippen LogP contribution in [0, 0.1) is 0 Å². The highest BCUT2D eigenvalue weighted by atomic mass is 35.5. The lowest BCUT2D eigenvalue weighted by Crippen LogP contribution is -2.47. The van der Waals surface area contributed by atoms with Crippen molar-refractivity contribution in [3.63, 3.8) is 0 Å². The molecule has 0 bridgehead atoms. The van der Waals surface area contributed by atoms with Crippen LogP contribution in [0.5, 0.6) is 5.75 Å². The van der Waals surface area contributed by atoms with Gasteiger partial charge >= 0.3 is 0 Å². The van der Waals surface area contributed by atoms with Crippen LogP contribution >= 0.6 is 11.6 Å². The van der Waals surface area contributed by atoms with Gasteiger partial charge in [-0.1, -0.05) is 23.7 Å². The lowest BCUT2D eigenvalue weighted by atomic mass is 9.92. The van der Waals surface area contributed by atoms with E-state index in [0.717, 1.165) is 34.3 Å². The molecule has 6 heteroatoms. The number of halogens is 1. The molecule has 2 aromatic carbocycles. The van der Waals surface area contributed by atoms with Crippen LogP contribution in [0.3, 0.4) is 0 Å². The summed E-state index contributed by atoms with van der Waals surface area (Å²) in [7, 11) is 1.64. The molecule has 0 aliphatic carbocycles. The Kier molecular flexibility index (Phi) is 4.58. The summed E-state index contributed by atoms with van der Waals surface area (Å²) in [4.78, 5) is 18.2. The monoisotopic (exact) mass is 383 g/mol. The van der Waals surface area contributed by atoms with Crippen molar-refractivity contribution in [3.8, 4) is 5.75 Å². The van der Waals surface area contributed by atoms with E-state index in [4.69, 9.17) is 22.1 Å². The lowest BCUT2D eigenvalue weighted by molar-refractivity contribution is -0.134. The summed E-state index contributed by atoms with van der Waals surface area (Å²) in [6.45, 7) is 2.34. The molecule has 0 saturated heterocycles.